The summed E-state index contributed by atoms with van der Waals surface area (Å²) in [5, 5.41) is 39.7. The van der Waals surface area contributed by atoms with E-state index in [1.807, 2.05) is 0 Å². The fraction of sp³-hybridized carbons (Fsp3) is 0.350. The van der Waals surface area contributed by atoms with E-state index in [1.165, 1.54) is 10.1 Å². The number of carbonyl (C=O) groups is 5. The van der Waals surface area contributed by atoms with Crippen molar-refractivity contribution in [3.63, 3.8) is 0 Å². The predicted octanol–water partition coefficient (Wildman–Crippen LogP) is -2.26. The van der Waals surface area contributed by atoms with Crippen molar-refractivity contribution < 1.29 is 43.8 Å². The number of carbonyl (C=O) groups excluding carboxylic acids is 4. The first-order valence-corrected chi connectivity index (χ1v) is 13.7. The average Bonchev–Trinajstić information content (AvgIpc) is 3.62. The second-order valence-electron chi connectivity index (χ2n) is 7.81. The van der Waals surface area contributed by atoms with Crippen molar-refractivity contribution in [2.24, 2.45) is 5.16 Å². The van der Waals surface area contributed by atoms with Crippen LogP contribution in [0, 0.1) is 0 Å². The van der Waals surface area contributed by atoms with Crippen molar-refractivity contribution in [2.45, 2.75) is 18.0 Å². The van der Waals surface area contributed by atoms with E-state index in [0.29, 0.717) is 6.41 Å². The summed E-state index contributed by atoms with van der Waals surface area (Å²) in [5.41, 5.74) is -0.562. The van der Waals surface area contributed by atoms with E-state index in [0.717, 1.165) is 28.0 Å². The van der Waals surface area contributed by atoms with Gasteiger partial charge in [0, 0.05) is 16.7 Å². The molecule has 0 bridgehead atoms. The Morgan fingerprint density at radius 1 is 1.32 bits per heavy atom. The van der Waals surface area contributed by atoms with Gasteiger partial charge in [0.2, 0.25) is 6.41 Å². The number of aliphatic hydroxyl groups is 1. The number of thioether (sulfide) groups is 1. The average molecular weight is 626 g/mol. The number of oxime groups is 1. The fourth-order valence-electron chi connectivity index (χ4n) is 3.70. The highest BCUT2D eigenvalue weighted by Gasteiger charge is 2.55. The maximum Gasteiger partial charge on any atom is 0.353 e. The summed E-state index contributed by atoms with van der Waals surface area (Å²) in [6, 6.07) is -1.13. The van der Waals surface area contributed by atoms with Crippen molar-refractivity contribution in [3.8, 4) is 0 Å². The highest BCUT2D eigenvalue weighted by Crippen LogP contribution is 2.41. The van der Waals surface area contributed by atoms with Gasteiger partial charge in [0.15, 0.2) is 23.3 Å². The Bertz CT molecular complexity index is 1440. The summed E-state index contributed by atoms with van der Waals surface area (Å²) in [4.78, 5) is 69.8. The summed E-state index contributed by atoms with van der Waals surface area (Å²) in [6.45, 7) is -0.387. The number of rotatable bonds is 15. The number of β-lactam (4-membered cyclic amide) rings is 1. The van der Waals surface area contributed by atoms with E-state index >= 15 is 0 Å². The number of amides is 3. The van der Waals surface area contributed by atoms with Gasteiger partial charge < -0.3 is 30.4 Å². The van der Waals surface area contributed by atoms with Gasteiger partial charge in [0.1, 0.15) is 29.4 Å². The molecule has 1 fully saturated rings. The quantitative estimate of drug-likeness (QED) is 0.0311. The largest absolute Gasteiger partial charge is 0.477 e. The van der Waals surface area contributed by atoms with Gasteiger partial charge in [-0.15, -0.1) is 28.2 Å². The fourth-order valence-corrected chi connectivity index (χ4v) is 6.11. The molecule has 2 aromatic rings. The van der Waals surface area contributed by atoms with Crippen LogP contribution in [0.1, 0.15) is 11.5 Å². The lowest BCUT2D eigenvalue weighted by Gasteiger charge is -2.49. The van der Waals surface area contributed by atoms with Crippen LogP contribution in [0.4, 0.5) is 5.13 Å². The summed E-state index contributed by atoms with van der Waals surface area (Å²) >= 11 is 7.60. The van der Waals surface area contributed by atoms with E-state index < -0.39 is 29.2 Å². The summed E-state index contributed by atoms with van der Waals surface area (Å²) < 4.78 is 5.72. The van der Waals surface area contributed by atoms with Crippen LogP contribution in [0.5, 0.6) is 0 Å². The molecule has 1 unspecified atom stereocenters. The number of fused-ring (bicyclic) bond motifs is 1. The van der Waals surface area contributed by atoms with Crippen molar-refractivity contribution in [1.82, 2.24) is 35.4 Å². The third-order valence-corrected chi connectivity index (χ3v) is 7.92. The van der Waals surface area contributed by atoms with E-state index in [-0.39, 0.29) is 77.1 Å². The number of carboxylic acids is 1. The van der Waals surface area contributed by atoms with Crippen LogP contribution in [0.25, 0.3) is 0 Å². The monoisotopic (exact) mass is 625 g/mol. The van der Waals surface area contributed by atoms with Crippen molar-refractivity contribution in [3.05, 3.63) is 28.2 Å². The van der Waals surface area contributed by atoms with E-state index in [9.17, 15) is 34.2 Å². The Morgan fingerprint density at radius 2 is 2.12 bits per heavy atom. The summed E-state index contributed by atoms with van der Waals surface area (Å²) in [7, 11) is 0. The number of thiazole rings is 1. The molecule has 4 N–H and O–H groups in total. The van der Waals surface area contributed by atoms with Gasteiger partial charge in [-0.2, -0.15) is 0 Å². The first-order chi connectivity index (χ1) is 19.8. The number of aliphatic carboxylic acids is 1. The molecule has 2 aliphatic rings. The van der Waals surface area contributed by atoms with Crippen LogP contribution in [0.3, 0.4) is 0 Å². The van der Waals surface area contributed by atoms with Gasteiger partial charge in [0.05, 0.1) is 18.0 Å². The second kappa shape index (κ2) is 13.3. The second-order valence-corrected chi connectivity index (χ2v) is 10.2. The third-order valence-electron chi connectivity index (χ3n) is 5.44. The zero-order valence-electron chi connectivity index (χ0n) is 20.5. The SMILES string of the molecule is O=CNc1nc(C(=NOCCOC=O)C(=O)NC2C(=O)N3C(C(=O)O)=C(C(=S)c4nnnn4CCO)CS[C@@H]23)cs1. The van der Waals surface area contributed by atoms with Gasteiger partial charge in [0.25, 0.3) is 18.3 Å². The zero-order valence-corrected chi connectivity index (χ0v) is 23.0. The smallest absolute Gasteiger partial charge is 0.353 e. The molecule has 21 heteroatoms. The number of anilines is 1. The number of carboxylic acid groups (broad SMARTS) is 1. The minimum Gasteiger partial charge on any atom is -0.477 e. The molecule has 2 aromatic heterocycles. The zero-order chi connectivity index (χ0) is 29.5. The number of tetrazole rings is 1. The molecule has 41 heavy (non-hydrogen) atoms. The van der Waals surface area contributed by atoms with Crippen molar-refractivity contribution in [1.29, 1.82) is 0 Å². The third kappa shape index (κ3) is 6.21. The standard InChI is InChI=1S/C20H19N9O9S3/c30-2-1-28-15(24-26-27-28)14(39)9-5-40-18-12(17(34)29(18)13(9)19(35)36)23-16(33)11(25-38-4-3-37-8-32)10-6-41-20(22-10)21-7-31/h6-8,12,18,30H,1-5H2,(H,23,33)(H,35,36)(H,21,22,31)/t12?,18-/m0/s1. The van der Waals surface area contributed by atoms with Gasteiger partial charge >= 0.3 is 5.97 Å². The first-order valence-electron chi connectivity index (χ1n) is 11.4. The molecular formula is C20H19N9O9S3. The van der Waals surface area contributed by atoms with Crippen LogP contribution >= 0.6 is 35.3 Å². The molecule has 0 aliphatic carbocycles. The molecule has 0 spiro atoms. The normalized spacial score (nSPS) is 18.2. The highest BCUT2D eigenvalue weighted by atomic mass is 32.2. The lowest BCUT2D eigenvalue weighted by atomic mass is 10.0. The number of aliphatic hydroxyl groups excluding tert-OH is 1. The number of ether oxygens (including phenoxy) is 1. The number of thiocarbonyl (C=S) groups is 1. The van der Waals surface area contributed by atoms with Gasteiger partial charge in [-0.3, -0.25) is 24.1 Å². The Kier molecular flexibility index (Phi) is 9.65. The summed E-state index contributed by atoms with van der Waals surface area (Å²) in [6.07, 6.45) is 0.398. The molecule has 0 aromatic carbocycles. The molecule has 18 nitrogen and oxygen atoms in total. The molecule has 4 heterocycles. The number of hydrogen-bond donors (Lipinski definition) is 4. The van der Waals surface area contributed by atoms with Gasteiger partial charge in [-0.05, 0) is 10.4 Å². The van der Waals surface area contributed by atoms with Gasteiger partial charge in [-0.1, -0.05) is 17.4 Å². The number of nitrogens with one attached hydrogen (secondary N) is 2. The molecule has 0 saturated carbocycles. The van der Waals surface area contributed by atoms with E-state index in [2.05, 4.69) is 41.0 Å². The Morgan fingerprint density at radius 3 is 2.83 bits per heavy atom. The molecule has 0 radical (unpaired) electrons. The maximum atomic E-state index is 13.2. The predicted molar refractivity (Wildman–Crippen MR) is 143 cm³/mol. The topological polar surface area (TPSA) is 240 Å². The summed E-state index contributed by atoms with van der Waals surface area (Å²) in [5.74, 6) is -2.89. The Hall–Kier alpha value is -4.34. The van der Waals surface area contributed by atoms with Crippen molar-refractivity contribution >= 4 is 81.7 Å². The molecule has 2 atom stereocenters. The first kappa shape index (κ1) is 29.6. The van der Waals surface area contributed by atoms with E-state index in [4.69, 9.17) is 17.1 Å². The van der Waals surface area contributed by atoms with Crippen LogP contribution in [0.15, 0.2) is 21.8 Å². The van der Waals surface area contributed by atoms with Crippen LogP contribution in [-0.4, -0.2) is 119 Å². The lowest BCUT2D eigenvalue weighted by Crippen LogP contribution is -2.71. The van der Waals surface area contributed by atoms with Crippen LogP contribution in [0.2, 0.25) is 0 Å². The van der Waals surface area contributed by atoms with Crippen LogP contribution in [-0.2, 0) is 40.1 Å². The van der Waals surface area contributed by atoms with Crippen LogP contribution < -0.4 is 10.6 Å². The Balaban J connectivity index is 1.54. The Labute approximate surface area is 242 Å². The number of aromatic nitrogens is 5. The molecule has 3 amide bonds. The minimum absolute atomic E-state index is 0.000447. The van der Waals surface area contributed by atoms with E-state index in [1.54, 1.807) is 0 Å². The van der Waals surface area contributed by atoms with Crippen molar-refractivity contribution in [2.75, 3.05) is 30.9 Å². The maximum absolute atomic E-state index is 13.2. The molecular weight excluding hydrogens is 606 g/mol. The molecule has 1 saturated heterocycles. The minimum atomic E-state index is -1.42. The number of hydrogen-bond acceptors (Lipinski definition) is 16. The number of nitrogens with zero attached hydrogens (tertiary/aromatic N) is 7. The lowest BCUT2D eigenvalue weighted by molar-refractivity contribution is -0.150. The molecule has 4 rings (SSSR count). The highest BCUT2D eigenvalue weighted by molar-refractivity contribution is 8.00. The molecule has 216 valence electrons. The van der Waals surface area contributed by atoms with Gasteiger partial charge in [-0.25, -0.2) is 14.5 Å². The molecule has 2 aliphatic heterocycles.